The molecular formula is C13H19N3O4S. The first-order valence-electron chi connectivity index (χ1n) is 6.88. The first-order valence-corrected chi connectivity index (χ1v) is 8.36. The number of nitrogens with one attached hydrogen (secondary N) is 1. The second-order valence-electron chi connectivity index (χ2n) is 5.39. The van der Waals surface area contributed by atoms with Gasteiger partial charge in [0.15, 0.2) is 0 Å². The number of hydrogen-bond donors (Lipinski definition) is 2. The molecule has 3 N–H and O–H groups in total. The Morgan fingerprint density at radius 3 is 2.48 bits per heavy atom. The van der Waals surface area contributed by atoms with Crippen molar-refractivity contribution in [2.24, 2.45) is 0 Å². The van der Waals surface area contributed by atoms with Gasteiger partial charge in [0, 0.05) is 12.1 Å². The molecule has 0 amide bonds. The summed E-state index contributed by atoms with van der Waals surface area (Å²) in [6.07, 6.45) is 4.71. The molecule has 1 saturated carbocycles. The van der Waals surface area contributed by atoms with Crippen LogP contribution in [0.3, 0.4) is 0 Å². The normalized spacial score (nSPS) is 16.8. The maximum Gasteiger partial charge on any atom is 0.293 e. The maximum atomic E-state index is 12.4. The Hall–Kier alpha value is -1.67. The van der Waals surface area contributed by atoms with E-state index in [4.69, 9.17) is 5.73 Å². The maximum absolute atomic E-state index is 12.4. The molecule has 0 atom stereocenters. The molecule has 1 aromatic rings. The van der Waals surface area contributed by atoms with Gasteiger partial charge < -0.3 is 5.73 Å². The molecule has 0 spiro atoms. The van der Waals surface area contributed by atoms with Crippen LogP contribution in [0.4, 0.5) is 11.4 Å². The highest BCUT2D eigenvalue weighted by atomic mass is 32.2. The van der Waals surface area contributed by atoms with E-state index < -0.39 is 14.9 Å². The van der Waals surface area contributed by atoms with Gasteiger partial charge in [-0.3, -0.25) is 10.1 Å². The molecule has 21 heavy (non-hydrogen) atoms. The van der Waals surface area contributed by atoms with Crippen LogP contribution in [0.1, 0.15) is 37.7 Å². The molecule has 0 heterocycles. The number of sulfonamides is 1. The summed E-state index contributed by atoms with van der Waals surface area (Å²) in [5.74, 6) is 0. The van der Waals surface area contributed by atoms with E-state index in [0.717, 1.165) is 38.2 Å². The Labute approximate surface area is 123 Å². The minimum atomic E-state index is -3.77. The number of benzene rings is 1. The number of nitrogen functional groups attached to an aromatic ring is 1. The number of nitro groups is 1. The van der Waals surface area contributed by atoms with E-state index >= 15 is 0 Å². The molecule has 1 fully saturated rings. The fraction of sp³-hybridized carbons (Fsp3) is 0.538. The number of nitro benzene ring substituents is 1. The lowest BCUT2D eigenvalue weighted by Crippen LogP contribution is -2.36. The zero-order valence-electron chi connectivity index (χ0n) is 11.8. The van der Waals surface area contributed by atoms with Crippen LogP contribution in [0.2, 0.25) is 0 Å². The minimum Gasteiger partial charge on any atom is -0.393 e. The second-order valence-corrected chi connectivity index (χ2v) is 7.07. The Morgan fingerprint density at radius 2 is 1.90 bits per heavy atom. The van der Waals surface area contributed by atoms with Crippen molar-refractivity contribution in [2.45, 2.75) is 50.0 Å². The van der Waals surface area contributed by atoms with Gasteiger partial charge in [-0.2, -0.15) is 0 Å². The molecule has 0 saturated heterocycles. The van der Waals surface area contributed by atoms with E-state index in [9.17, 15) is 18.5 Å². The number of aryl methyl sites for hydroxylation is 1. The number of rotatable bonds is 4. The zero-order valence-corrected chi connectivity index (χ0v) is 12.6. The average Bonchev–Trinajstić information content (AvgIpc) is 2.38. The van der Waals surface area contributed by atoms with Crippen molar-refractivity contribution in [2.75, 3.05) is 5.73 Å². The fourth-order valence-electron chi connectivity index (χ4n) is 2.65. The Bertz CT molecular complexity index is 652. The fourth-order valence-corrected chi connectivity index (χ4v) is 4.20. The Kier molecular flexibility index (Phi) is 4.48. The van der Waals surface area contributed by atoms with Gasteiger partial charge >= 0.3 is 0 Å². The molecule has 0 unspecified atom stereocenters. The molecule has 7 nitrogen and oxygen atoms in total. The molecular weight excluding hydrogens is 294 g/mol. The van der Waals surface area contributed by atoms with Gasteiger partial charge in [0.25, 0.3) is 5.69 Å². The lowest BCUT2D eigenvalue weighted by Gasteiger charge is -2.23. The standard InChI is InChI=1S/C13H19N3O4S/c1-9-7-11(14)12(16(17)18)8-13(9)21(19,20)15-10-5-3-2-4-6-10/h7-8,10,15H,2-6,14H2,1H3. The average molecular weight is 313 g/mol. The van der Waals surface area contributed by atoms with Gasteiger partial charge in [0.05, 0.1) is 9.82 Å². The molecule has 1 aliphatic carbocycles. The first-order chi connectivity index (χ1) is 9.81. The summed E-state index contributed by atoms with van der Waals surface area (Å²) in [5, 5.41) is 10.9. The van der Waals surface area contributed by atoms with Crippen LogP contribution < -0.4 is 10.5 Å². The summed E-state index contributed by atoms with van der Waals surface area (Å²) in [6, 6.07) is 2.27. The monoisotopic (exact) mass is 313 g/mol. The van der Waals surface area contributed by atoms with E-state index in [-0.39, 0.29) is 22.3 Å². The number of nitrogens with zero attached hydrogens (tertiary/aromatic N) is 1. The van der Waals surface area contributed by atoms with Crippen molar-refractivity contribution in [3.63, 3.8) is 0 Å². The summed E-state index contributed by atoms with van der Waals surface area (Å²) in [7, 11) is -3.77. The van der Waals surface area contributed by atoms with E-state index in [1.165, 1.54) is 6.07 Å². The van der Waals surface area contributed by atoms with Crippen LogP contribution in [0, 0.1) is 17.0 Å². The highest BCUT2D eigenvalue weighted by molar-refractivity contribution is 7.89. The van der Waals surface area contributed by atoms with Crippen molar-refractivity contribution in [3.05, 3.63) is 27.8 Å². The first kappa shape index (κ1) is 15.7. The van der Waals surface area contributed by atoms with Gasteiger partial charge in [-0.1, -0.05) is 19.3 Å². The van der Waals surface area contributed by atoms with Crippen LogP contribution in [-0.2, 0) is 10.0 Å². The Morgan fingerprint density at radius 1 is 1.29 bits per heavy atom. The molecule has 8 heteroatoms. The molecule has 0 aromatic heterocycles. The topological polar surface area (TPSA) is 115 Å². The van der Waals surface area contributed by atoms with Crippen LogP contribution >= 0.6 is 0 Å². The Balaban J connectivity index is 2.34. The molecule has 116 valence electrons. The van der Waals surface area contributed by atoms with Gasteiger partial charge in [-0.25, -0.2) is 13.1 Å². The van der Waals surface area contributed by atoms with Crippen LogP contribution in [-0.4, -0.2) is 19.4 Å². The summed E-state index contributed by atoms with van der Waals surface area (Å²) in [4.78, 5) is 10.2. The van der Waals surface area contributed by atoms with Crippen molar-refractivity contribution < 1.29 is 13.3 Å². The summed E-state index contributed by atoms with van der Waals surface area (Å²) in [5.41, 5.74) is 5.55. The number of anilines is 1. The number of nitrogens with two attached hydrogens (primary N) is 1. The third-order valence-electron chi connectivity index (χ3n) is 3.74. The smallest absolute Gasteiger partial charge is 0.293 e. The van der Waals surface area contributed by atoms with E-state index in [2.05, 4.69) is 4.72 Å². The van der Waals surface area contributed by atoms with Crippen molar-refractivity contribution in [1.29, 1.82) is 0 Å². The quantitative estimate of drug-likeness (QED) is 0.501. The van der Waals surface area contributed by atoms with Crippen molar-refractivity contribution in [3.8, 4) is 0 Å². The van der Waals surface area contributed by atoms with E-state index in [0.29, 0.717) is 5.56 Å². The summed E-state index contributed by atoms with van der Waals surface area (Å²) >= 11 is 0. The lowest BCUT2D eigenvalue weighted by molar-refractivity contribution is -0.384. The molecule has 0 radical (unpaired) electrons. The van der Waals surface area contributed by atoms with Crippen molar-refractivity contribution in [1.82, 2.24) is 4.72 Å². The third kappa shape index (κ3) is 3.51. The highest BCUT2D eigenvalue weighted by Gasteiger charge is 2.26. The highest BCUT2D eigenvalue weighted by Crippen LogP contribution is 2.29. The van der Waals surface area contributed by atoms with E-state index in [1.54, 1.807) is 6.92 Å². The summed E-state index contributed by atoms with van der Waals surface area (Å²) < 4.78 is 27.5. The molecule has 0 aliphatic heterocycles. The van der Waals surface area contributed by atoms with Gasteiger partial charge in [-0.15, -0.1) is 0 Å². The van der Waals surface area contributed by atoms with Gasteiger partial charge in [0.2, 0.25) is 10.0 Å². The number of hydrogen-bond acceptors (Lipinski definition) is 5. The van der Waals surface area contributed by atoms with Crippen LogP contribution in [0.5, 0.6) is 0 Å². The molecule has 2 rings (SSSR count). The zero-order chi connectivity index (χ0) is 15.6. The SMILES string of the molecule is Cc1cc(N)c([N+](=O)[O-])cc1S(=O)(=O)NC1CCCCC1. The summed E-state index contributed by atoms with van der Waals surface area (Å²) in [6.45, 7) is 1.58. The lowest BCUT2D eigenvalue weighted by atomic mass is 9.96. The molecule has 1 aromatic carbocycles. The van der Waals surface area contributed by atoms with Gasteiger partial charge in [0.1, 0.15) is 5.69 Å². The molecule has 0 bridgehead atoms. The van der Waals surface area contributed by atoms with Crippen LogP contribution in [0.15, 0.2) is 17.0 Å². The molecule has 1 aliphatic rings. The van der Waals surface area contributed by atoms with E-state index in [1.807, 2.05) is 0 Å². The predicted octanol–water partition coefficient (Wildman–Crippen LogP) is 2.10. The van der Waals surface area contributed by atoms with Crippen molar-refractivity contribution >= 4 is 21.4 Å². The largest absolute Gasteiger partial charge is 0.393 e. The third-order valence-corrected chi connectivity index (χ3v) is 5.40. The van der Waals surface area contributed by atoms with Crippen LogP contribution in [0.25, 0.3) is 0 Å². The minimum absolute atomic E-state index is 0.0332. The predicted molar refractivity (Wildman–Crippen MR) is 79.4 cm³/mol. The second kappa shape index (κ2) is 5.98. The van der Waals surface area contributed by atoms with Gasteiger partial charge in [-0.05, 0) is 31.4 Å².